The van der Waals surface area contributed by atoms with Crippen LogP contribution in [0.1, 0.15) is 19.4 Å². The maximum absolute atomic E-state index is 5.68. The van der Waals surface area contributed by atoms with Gasteiger partial charge in [-0.25, -0.2) is 0 Å². The molecule has 0 heterocycles. The molecule has 0 atom stereocenters. The summed E-state index contributed by atoms with van der Waals surface area (Å²) >= 11 is 2.15. The zero-order valence-corrected chi connectivity index (χ0v) is 13.9. The Kier molecular flexibility index (Phi) is 8.19. The Bertz CT molecular complexity index is 526. The van der Waals surface area contributed by atoms with Gasteiger partial charge in [-0.1, -0.05) is 38.0 Å². The van der Waals surface area contributed by atoms with Gasteiger partial charge in [0.1, 0.15) is 11.5 Å². The molecule has 0 amide bonds. The Balaban J connectivity index is 0.000000861. The number of ether oxygens (including phenoxy) is 1. The summed E-state index contributed by atoms with van der Waals surface area (Å²) in [6.45, 7) is 4.00. The van der Waals surface area contributed by atoms with E-state index in [2.05, 4.69) is 32.4 Å². The number of rotatable bonds is 2. The zero-order valence-electron chi connectivity index (χ0n) is 10.9. The number of hydrogen-bond acceptors (Lipinski definition) is 2. The lowest BCUT2D eigenvalue weighted by Gasteiger charge is -2.04. The zero-order chi connectivity index (χ0) is 13.9. The Hall–Kier alpha value is -1.12. The summed E-state index contributed by atoms with van der Waals surface area (Å²) < 4.78 is 5.68. The highest BCUT2D eigenvalue weighted by Crippen LogP contribution is 2.20. The number of halogens is 1. The molecule has 3 heteroatoms. The minimum Gasteiger partial charge on any atom is -0.457 e. The van der Waals surface area contributed by atoms with Crippen LogP contribution < -0.4 is 4.74 Å². The molecule has 2 aromatic rings. The summed E-state index contributed by atoms with van der Waals surface area (Å²) in [5.74, 6) is 4.70. The smallest absolute Gasteiger partial charge is 0.127 e. The van der Waals surface area contributed by atoms with Gasteiger partial charge in [0.05, 0.1) is 0 Å². The number of hydrogen-bond donors (Lipinski definition) is 0. The predicted octanol–water partition coefficient (Wildman–Crippen LogP) is 5.90. The summed E-state index contributed by atoms with van der Waals surface area (Å²) in [6, 6.07) is 17.5. The first-order chi connectivity index (χ1) is 9.38. The fourth-order valence-electron chi connectivity index (χ4n) is 1.31. The molecule has 0 saturated heterocycles. The molecule has 19 heavy (non-hydrogen) atoms. The lowest BCUT2D eigenvalue weighted by atomic mass is 10.2. The highest BCUT2D eigenvalue weighted by molar-refractivity contribution is 14.2. The van der Waals surface area contributed by atoms with E-state index in [4.69, 9.17) is 4.74 Å². The molecule has 0 aromatic heterocycles. The van der Waals surface area contributed by atoms with Crippen molar-refractivity contribution >= 4 is 30.1 Å². The topological polar surface area (TPSA) is 9.23 Å². The van der Waals surface area contributed by atoms with Gasteiger partial charge >= 0.3 is 0 Å². The van der Waals surface area contributed by atoms with Gasteiger partial charge < -0.3 is 4.74 Å². The van der Waals surface area contributed by atoms with E-state index in [1.54, 1.807) is 0 Å². The molecule has 1 nitrogen and oxygen atoms in total. The van der Waals surface area contributed by atoms with Crippen molar-refractivity contribution in [2.75, 3.05) is 0 Å². The molecule has 0 N–H and O–H groups in total. The monoisotopic (exact) mass is 382 g/mol. The van der Waals surface area contributed by atoms with Gasteiger partial charge in [-0.2, -0.15) is 0 Å². The maximum Gasteiger partial charge on any atom is 0.127 e. The van der Waals surface area contributed by atoms with Crippen molar-refractivity contribution in [3.63, 3.8) is 0 Å². The molecule has 0 saturated carbocycles. The van der Waals surface area contributed by atoms with Crippen LogP contribution in [-0.4, -0.2) is 0 Å². The minimum atomic E-state index is 0.823. The van der Waals surface area contributed by atoms with Crippen LogP contribution in [0.5, 0.6) is 11.5 Å². The van der Waals surface area contributed by atoms with Crippen LogP contribution in [0, 0.1) is 11.2 Å². The molecule has 0 bridgehead atoms. The Morgan fingerprint density at radius 2 is 1.47 bits per heavy atom. The lowest BCUT2D eigenvalue weighted by Crippen LogP contribution is -1.83. The van der Waals surface area contributed by atoms with E-state index >= 15 is 0 Å². The van der Waals surface area contributed by atoms with Crippen LogP contribution in [-0.2, 0) is 0 Å². The third kappa shape index (κ3) is 6.04. The molecule has 0 aliphatic rings. The molecule has 0 aliphatic carbocycles. The summed E-state index contributed by atoms with van der Waals surface area (Å²) in [4.78, 5) is 0. The first-order valence-corrected chi connectivity index (χ1v) is 9.36. The van der Waals surface area contributed by atoms with Crippen molar-refractivity contribution < 1.29 is 4.74 Å². The molecular weight excluding hydrogens is 367 g/mol. The first kappa shape index (κ1) is 15.9. The summed E-state index contributed by atoms with van der Waals surface area (Å²) in [5, 5.41) is 2.95. The third-order valence-electron chi connectivity index (χ3n) is 2.07. The normalized spacial score (nSPS) is 8.58. The first-order valence-electron chi connectivity index (χ1n) is 6.00. The third-order valence-corrected chi connectivity index (χ3v) is 2.91. The van der Waals surface area contributed by atoms with Crippen molar-refractivity contribution in [2.45, 2.75) is 13.8 Å². The van der Waals surface area contributed by atoms with Gasteiger partial charge in [-0.05, 0) is 50.6 Å². The summed E-state index contributed by atoms with van der Waals surface area (Å²) in [7, 11) is 1.48. The van der Waals surface area contributed by atoms with Crippen molar-refractivity contribution in [3.05, 3.63) is 60.2 Å². The average molecular weight is 382 g/mol. The van der Waals surface area contributed by atoms with Crippen LogP contribution >= 0.6 is 30.1 Å². The van der Waals surface area contributed by atoms with Gasteiger partial charge in [-0.3, -0.25) is 0 Å². The van der Waals surface area contributed by atoms with Crippen molar-refractivity contribution in [3.8, 4) is 22.7 Å². The predicted molar refractivity (Wildman–Crippen MR) is 92.8 cm³/mol. The van der Waals surface area contributed by atoms with Gasteiger partial charge in [0.25, 0.3) is 0 Å². The van der Waals surface area contributed by atoms with E-state index in [1.807, 2.05) is 68.4 Å². The molecule has 0 radical (unpaired) electrons. The fourth-order valence-corrected chi connectivity index (χ4v) is 1.80. The molecule has 0 unspecified atom stereocenters. The van der Waals surface area contributed by atoms with E-state index in [9.17, 15) is 0 Å². The standard InChI is InChI=1S/C14H9IOS.C2H6/c15-17-11-10-12-6-8-14(9-7-12)16-13-4-2-1-3-5-13;1-2/h1-9H;1-2H3. The van der Waals surface area contributed by atoms with E-state index in [1.165, 1.54) is 8.93 Å². The summed E-state index contributed by atoms with van der Waals surface area (Å²) in [5.41, 5.74) is 0.995. The second-order valence-corrected chi connectivity index (χ2v) is 4.92. The lowest BCUT2D eigenvalue weighted by molar-refractivity contribution is 0.482. The summed E-state index contributed by atoms with van der Waals surface area (Å²) in [6.07, 6.45) is 0. The van der Waals surface area contributed by atoms with Crippen LogP contribution in [0.2, 0.25) is 0 Å². The largest absolute Gasteiger partial charge is 0.457 e. The van der Waals surface area contributed by atoms with Crippen LogP contribution in [0.3, 0.4) is 0 Å². The van der Waals surface area contributed by atoms with Crippen LogP contribution in [0.4, 0.5) is 0 Å². The Labute approximate surface area is 131 Å². The van der Waals surface area contributed by atoms with Crippen molar-refractivity contribution in [2.24, 2.45) is 0 Å². The van der Waals surface area contributed by atoms with E-state index in [0.29, 0.717) is 0 Å². The van der Waals surface area contributed by atoms with Gasteiger partial charge in [0, 0.05) is 26.8 Å². The molecule has 2 aromatic carbocycles. The Morgan fingerprint density at radius 1 is 0.895 bits per heavy atom. The molecule has 2 rings (SSSR count). The second kappa shape index (κ2) is 9.76. The highest BCUT2D eigenvalue weighted by atomic mass is 127. The van der Waals surface area contributed by atoms with Crippen molar-refractivity contribution in [1.82, 2.24) is 0 Å². The molecule has 0 fully saturated rings. The highest BCUT2D eigenvalue weighted by Gasteiger charge is 1.95. The molecular formula is C16H15IOS. The van der Waals surface area contributed by atoms with E-state index in [-0.39, 0.29) is 0 Å². The van der Waals surface area contributed by atoms with E-state index in [0.717, 1.165) is 17.1 Å². The Morgan fingerprint density at radius 3 is 2.05 bits per heavy atom. The van der Waals surface area contributed by atoms with Gasteiger partial charge in [0.15, 0.2) is 0 Å². The SMILES string of the molecule is CC.ISC#Cc1ccc(Oc2ccccc2)cc1. The minimum absolute atomic E-state index is 0.823. The van der Waals surface area contributed by atoms with Crippen molar-refractivity contribution in [1.29, 1.82) is 0 Å². The average Bonchev–Trinajstić information content (AvgIpc) is 2.50. The molecule has 0 aliphatic heterocycles. The number of para-hydroxylation sites is 1. The molecule has 0 spiro atoms. The quantitative estimate of drug-likeness (QED) is 0.473. The van der Waals surface area contributed by atoms with E-state index < -0.39 is 0 Å². The fraction of sp³-hybridized carbons (Fsp3) is 0.125. The van der Waals surface area contributed by atoms with Gasteiger partial charge in [0.2, 0.25) is 0 Å². The van der Waals surface area contributed by atoms with Crippen LogP contribution in [0.15, 0.2) is 54.6 Å². The number of benzene rings is 2. The molecule has 98 valence electrons. The maximum atomic E-state index is 5.68. The van der Waals surface area contributed by atoms with Gasteiger partial charge in [-0.15, -0.1) is 0 Å². The second-order valence-electron chi connectivity index (χ2n) is 3.24. The van der Waals surface area contributed by atoms with Crippen LogP contribution in [0.25, 0.3) is 0 Å².